The molecule has 19 heavy (non-hydrogen) atoms. The fourth-order valence-corrected chi connectivity index (χ4v) is 3.31. The van der Waals surface area contributed by atoms with Crippen molar-refractivity contribution in [2.75, 3.05) is 7.11 Å². The van der Waals surface area contributed by atoms with Gasteiger partial charge in [0.05, 0.1) is 7.11 Å². The van der Waals surface area contributed by atoms with Gasteiger partial charge in [-0.05, 0) is 42.0 Å². The van der Waals surface area contributed by atoms with E-state index >= 15 is 0 Å². The van der Waals surface area contributed by atoms with E-state index in [0.717, 1.165) is 16.8 Å². The molecule has 0 saturated heterocycles. The SMILES string of the molecule is COc1ccc(Br)c(CNC2CCCCC2(C)C)c1. The maximum atomic E-state index is 5.29. The molecule has 1 N–H and O–H groups in total. The highest BCUT2D eigenvalue weighted by atomic mass is 79.9. The quantitative estimate of drug-likeness (QED) is 0.878. The molecular weight excluding hydrogens is 302 g/mol. The Hall–Kier alpha value is -0.540. The smallest absolute Gasteiger partial charge is 0.119 e. The monoisotopic (exact) mass is 325 g/mol. The van der Waals surface area contributed by atoms with E-state index in [1.165, 1.54) is 31.2 Å². The van der Waals surface area contributed by atoms with E-state index in [-0.39, 0.29) is 0 Å². The minimum Gasteiger partial charge on any atom is -0.497 e. The Kier molecular flexibility index (Phi) is 4.91. The van der Waals surface area contributed by atoms with Gasteiger partial charge in [-0.1, -0.05) is 42.6 Å². The molecule has 106 valence electrons. The van der Waals surface area contributed by atoms with Crippen LogP contribution in [0.2, 0.25) is 0 Å². The van der Waals surface area contributed by atoms with Crippen LogP contribution in [0.25, 0.3) is 0 Å². The number of rotatable bonds is 4. The minimum absolute atomic E-state index is 0.406. The summed E-state index contributed by atoms with van der Waals surface area (Å²) in [6, 6.07) is 6.76. The van der Waals surface area contributed by atoms with Crippen molar-refractivity contribution in [3.05, 3.63) is 28.2 Å². The van der Waals surface area contributed by atoms with Gasteiger partial charge in [0, 0.05) is 17.1 Å². The fraction of sp³-hybridized carbons (Fsp3) is 0.625. The van der Waals surface area contributed by atoms with Crippen molar-refractivity contribution in [1.29, 1.82) is 0 Å². The normalized spacial score (nSPS) is 22.2. The van der Waals surface area contributed by atoms with Crippen LogP contribution in [0.4, 0.5) is 0 Å². The van der Waals surface area contributed by atoms with Gasteiger partial charge < -0.3 is 10.1 Å². The second-order valence-electron chi connectivity index (χ2n) is 6.13. The predicted octanol–water partition coefficient (Wildman–Crippen LogP) is 4.52. The highest BCUT2D eigenvalue weighted by Crippen LogP contribution is 2.35. The zero-order valence-electron chi connectivity index (χ0n) is 12.1. The van der Waals surface area contributed by atoms with Crippen LogP contribution in [0.1, 0.15) is 45.1 Å². The van der Waals surface area contributed by atoms with Crippen molar-refractivity contribution in [3.63, 3.8) is 0 Å². The van der Waals surface area contributed by atoms with Crippen LogP contribution in [-0.2, 0) is 6.54 Å². The summed E-state index contributed by atoms with van der Waals surface area (Å²) in [6.45, 7) is 5.65. The molecule has 0 bridgehead atoms. The molecular formula is C16H24BrNO. The third kappa shape index (κ3) is 3.73. The molecule has 2 rings (SSSR count). The Bertz CT molecular complexity index is 431. The highest BCUT2D eigenvalue weighted by molar-refractivity contribution is 9.10. The summed E-state index contributed by atoms with van der Waals surface area (Å²) < 4.78 is 6.44. The van der Waals surface area contributed by atoms with Crippen LogP contribution in [0.3, 0.4) is 0 Å². The molecule has 1 aliphatic rings. The molecule has 1 atom stereocenters. The van der Waals surface area contributed by atoms with Crippen LogP contribution in [0.15, 0.2) is 22.7 Å². The highest BCUT2D eigenvalue weighted by Gasteiger charge is 2.31. The number of hydrogen-bond acceptors (Lipinski definition) is 2. The van der Waals surface area contributed by atoms with Crippen molar-refractivity contribution in [1.82, 2.24) is 5.32 Å². The number of benzene rings is 1. The molecule has 1 saturated carbocycles. The second kappa shape index (κ2) is 6.27. The average Bonchev–Trinajstić information content (AvgIpc) is 2.39. The minimum atomic E-state index is 0.406. The Morgan fingerprint density at radius 3 is 2.84 bits per heavy atom. The second-order valence-corrected chi connectivity index (χ2v) is 6.98. The number of nitrogens with one attached hydrogen (secondary N) is 1. The van der Waals surface area contributed by atoms with Crippen LogP contribution < -0.4 is 10.1 Å². The molecule has 0 aliphatic heterocycles. The lowest BCUT2D eigenvalue weighted by Crippen LogP contribution is -2.43. The van der Waals surface area contributed by atoms with Gasteiger partial charge in [0.15, 0.2) is 0 Å². The Balaban J connectivity index is 2.01. The van der Waals surface area contributed by atoms with Crippen molar-refractivity contribution in [2.24, 2.45) is 5.41 Å². The van der Waals surface area contributed by atoms with E-state index in [4.69, 9.17) is 4.74 Å². The van der Waals surface area contributed by atoms with Gasteiger partial charge in [-0.2, -0.15) is 0 Å². The first kappa shape index (κ1) is 14.9. The molecule has 0 heterocycles. The molecule has 1 aromatic rings. The molecule has 1 unspecified atom stereocenters. The van der Waals surface area contributed by atoms with Gasteiger partial charge in [-0.3, -0.25) is 0 Å². The molecule has 3 heteroatoms. The maximum absolute atomic E-state index is 5.29. The Morgan fingerprint density at radius 1 is 1.37 bits per heavy atom. The number of halogens is 1. The van der Waals surface area contributed by atoms with E-state index < -0.39 is 0 Å². The van der Waals surface area contributed by atoms with E-state index in [2.05, 4.69) is 47.2 Å². The summed E-state index contributed by atoms with van der Waals surface area (Å²) >= 11 is 3.62. The summed E-state index contributed by atoms with van der Waals surface area (Å²) in [4.78, 5) is 0. The zero-order chi connectivity index (χ0) is 13.9. The molecule has 1 fully saturated rings. The summed E-state index contributed by atoms with van der Waals surface area (Å²) in [6.07, 6.45) is 5.33. The zero-order valence-corrected chi connectivity index (χ0v) is 13.7. The van der Waals surface area contributed by atoms with E-state index in [1.807, 2.05) is 6.07 Å². The van der Waals surface area contributed by atoms with Crippen LogP contribution in [0, 0.1) is 5.41 Å². The summed E-state index contributed by atoms with van der Waals surface area (Å²) in [5.74, 6) is 0.919. The molecule has 2 nitrogen and oxygen atoms in total. The molecule has 0 amide bonds. The van der Waals surface area contributed by atoms with Gasteiger partial charge in [0.1, 0.15) is 5.75 Å². The standard InChI is InChI=1S/C16H24BrNO/c1-16(2)9-5-4-6-15(16)18-11-12-10-13(19-3)7-8-14(12)17/h7-8,10,15,18H,4-6,9,11H2,1-3H3. The lowest BCUT2D eigenvalue weighted by Gasteiger charge is -2.39. The fourth-order valence-electron chi connectivity index (χ4n) is 2.92. The summed E-state index contributed by atoms with van der Waals surface area (Å²) in [5, 5.41) is 3.73. The number of methoxy groups -OCH3 is 1. The maximum Gasteiger partial charge on any atom is 0.119 e. The molecule has 0 aromatic heterocycles. The average molecular weight is 326 g/mol. The van der Waals surface area contributed by atoms with Crippen molar-refractivity contribution < 1.29 is 4.74 Å². The molecule has 0 spiro atoms. The molecule has 1 aliphatic carbocycles. The van der Waals surface area contributed by atoms with Gasteiger partial charge in [-0.25, -0.2) is 0 Å². The van der Waals surface area contributed by atoms with Crippen molar-refractivity contribution in [3.8, 4) is 5.75 Å². The third-order valence-corrected chi connectivity index (χ3v) is 5.07. The van der Waals surface area contributed by atoms with Gasteiger partial charge in [-0.15, -0.1) is 0 Å². The first-order chi connectivity index (χ1) is 9.03. The first-order valence-electron chi connectivity index (χ1n) is 7.09. The summed E-state index contributed by atoms with van der Waals surface area (Å²) in [5.41, 5.74) is 1.67. The van der Waals surface area contributed by atoms with Crippen LogP contribution in [0.5, 0.6) is 5.75 Å². The third-order valence-electron chi connectivity index (χ3n) is 4.30. The van der Waals surface area contributed by atoms with Crippen molar-refractivity contribution >= 4 is 15.9 Å². The number of hydrogen-bond donors (Lipinski definition) is 1. The van der Waals surface area contributed by atoms with Crippen LogP contribution in [-0.4, -0.2) is 13.2 Å². The first-order valence-corrected chi connectivity index (χ1v) is 7.88. The summed E-state index contributed by atoms with van der Waals surface area (Å²) in [7, 11) is 1.71. The predicted molar refractivity (Wildman–Crippen MR) is 83.6 cm³/mol. The molecule has 1 aromatic carbocycles. The lowest BCUT2D eigenvalue weighted by molar-refractivity contribution is 0.166. The largest absolute Gasteiger partial charge is 0.497 e. The van der Waals surface area contributed by atoms with Gasteiger partial charge in [0.25, 0.3) is 0 Å². The van der Waals surface area contributed by atoms with Gasteiger partial charge in [0.2, 0.25) is 0 Å². The topological polar surface area (TPSA) is 21.3 Å². The van der Waals surface area contributed by atoms with Crippen LogP contribution >= 0.6 is 15.9 Å². The van der Waals surface area contributed by atoms with Gasteiger partial charge >= 0.3 is 0 Å². The van der Waals surface area contributed by atoms with E-state index in [1.54, 1.807) is 7.11 Å². The van der Waals surface area contributed by atoms with E-state index in [9.17, 15) is 0 Å². The Morgan fingerprint density at radius 2 is 2.16 bits per heavy atom. The molecule has 0 radical (unpaired) electrons. The Labute approximate surface area is 125 Å². The number of ether oxygens (including phenoxy) is 1. The van der Waals surface area contributed by atoms with Crippen molar-refractivity contribution in [2.45, 2.75) is 52.1 Å². The lowest BCUT2D eigenvalue weighted by atomic mass is 9.73. The van der Waals surface area contributed by atoms with E-state index in [0.29, 0.717) is 11.5 Å².